The van der Waals surface area contributed by atoms with Gasteiger partial charge in [0.1, 0.15) is 6.04 Å². The molecule has 1 fully saturated rings. The van der Waals surface area contributed by atoms with E-state index in [-0.39, 0.29) is 18.5 Å². The summed E-state index contributed by atoms with van der Waals surface area (Å²) < 4.78 is 0. The number of carbonyl (C=O) groups is 2. The number of carboxylic acids is 1. The quantitative estimate of drug-likeness (QED) is 0.286. The van der Waals surface area contributed by atoms with Gasteiger partial charge in [0, 0.05) is 37.5 Å². The number of aliphatic carboxylic acids is 1. The maximum Gasteiger partial charge on any atom is 0.326 e. The predicted octanol–water partition coefficient (Wildman–Crippen LogP) is 2.69. The molecule has 1 heterocycles. The molecule has 0 spiro atoms. The maximum atomic E-state index is 13.0. The number of likely N-dealkylation sites (tertiary alicyclic amines) is 1. The van der Waals surface area contributed by atoms with Crippen LogP contribution in [0.15, 0.2) is 42.5 Å². The molecule has 1 amide bonds. The summed E-state index contributed by atoms with van der Waals surface area (Å²) in [4.78, 5) is 29.2. The third-order valence-electron chi connectivity index (χ3n) is 6.56. The van der Waals surface area contributed by atoms with Crippen LogP contribution < -0.4 is 11.1 Å². The fourth-order valence-corrected chi connectivity index (χ4v) is 5.38. The number of nitrogens with zero attached hydrogens (tertiary/aromatic N) is 2. The Labute approximate surface area is 218 Å². The highest BCUT2D eigenvalue weighted by Gasteiger charge is 2.29. The topological polar surface area (TPSA) is 98.9 Å². The van der Waals surface area contributed by atoms with Crippen LogP contribution in [-0.4, -0.2) is 88.8 Å². The molecular formula is C26H38N4O3S2. The molecule has 4 N–H and O–H groups in total. The fourth-order valence-electron chi connectivity index (χ4n) is 4.79. The first-order chi connectivity index (χ1) is 16.9. The van der Waals surface area contributed by atoms with Gasteiger partial charge in [-0.25, -0.2) is 4.79 Å². The number of nitrogens with two attached hydrogens (primary N) is 1. The summed E-state index contributed by atoms with van der Waals surface area (Å²) in [6.45, 7) is 3.27. The van der Waals surface area contributed by atoms with Crippen LogP contribution in [-0.2, 0) is 16.1 Å². The van der Waals surface area contributed by atoms with Crippen LogP contribution in [0, 0.1) is 0 Å². The van der Waals surface area contributed by atoms with E-state index in [0.717, 1.165) is 38.0 Å². The number of thiol groups is 1. The average Bonchev–Trinajstić information content (AvgIpc) is 3.27. The lowest BCUT2D eigenvalue weighted by Gasteiger charge is -2.32. The largest absolute Gasteiger partial charge is 0.480 e. The van der Waals surface area contributed by atoms with E-state index in [4.69, 9.17) is 5.73 Å². The Morgan fingerprint density at radius 3 is 2.80 bits per heavy atom. The molecule has 1 aliphatic rings. The van der Waals surface area contributed by atoms with Crippen molar-refractivity contribution in [3.8, 4) is 0 Å². The number of fused-ring (bicyclic) bond motifs is 1. The van der Waals surface area contributed by atoms with Gasteiger partial charge in [0.2, 0.25) is 5.91 Å². The second-order valence-corrected chi connectivity index (χ2v) is 10.6. The lowest BCUT2D eigenvalue weighted by atomic mass is 10.0. The van der Waals surface area contributed by atoms with Crippen LogP contribution in [0.5, 0.6) is 0 Å². The second kappa shape index (κ2) is 14.1. The normalized spacial score (nSPS) is 18.1. The zero-order chi connectivity index (χ0) is 25.2. The number of hydrogen-bond acceptors (Lipinski definition) is 7. The number of rotatable bonds is 14. The third kappa shape index (κ3) is 8.39. The van der Waals surface area contributed by atoms with Crippen molar-refractivity contribution in [2.45, 2.75) is 43.9 Å². The molecule has 9 heteroatoms. The summed E-state index contributed by atoms with van der Waals surface area (Å²) in [6, 6.07) is 14.0. The SMILES string of the molecule is CSCC[C@H](NC(=O)CN(Cc1cccc2ccccc12)C[C@@H]1CCCN1C[C@@H](N)CS)C(=O)O. The fraction of sp³-hybridized carbons (Fsp3) is 0.538. The van der Waals surface area contributed by atoms with E-state index in [1.54, 1.807) is 11.8 Å². The molecule has 3 atom stereocenters. The van der Waals surface area contributed by atoms with Gasteiger partial charge >= 0.3 is 5.97 Å². The first-order valence-electron chi connectivity index (χ1n) is 12.2. The highest BCUT2D eigenvalue weighted by molar-refractivity contribution is 7.98. The van der Waals surface area contributed by atoms with Crippen LogP contribution in [0.4, 0.5) is 0 Å². The number of benzene rings is 2. The Morgan fingerprint density at radius 2 is 2.06 bits per heavy atom. The van der Waals surface area contributed by atoms with E-state index in [2.05, 4.69) is 52.0 Å². The van der Waals surface area contributed by atoms with Gasteiger partial charge in [-0.1, -0.05) is 42.5 Å². The Balaban J connectivity index is 1.77. The molecule has 7 nitrogen and oxygen atoms in total. The van der Waals surface area contributed by atoms with Crippen molar-refractivity contribution in [1.82, 2.24) is 15.1 Å². The Kier molecular flexibility index (Phi) is 11.2. The number of nitrogens with one attached hydrogen (secondary N) is 1. The summed E-state index contributed by atoms with van der Waals surface area (Å²) in [7, 11) is 0. The Bertz CT molecular complexity index is 971. The van der Waals surface area contributed by atoms with Gasteiger partial charge < -0.3 is 16.2 Å². The summed E-state index contributed by atoms with van der Waals surface area (Å²) in [5.41, 5.74) is 7.34. The zero-order valence-electron chi connectivity index (χ0n) is 20.4. The minimum Gasteiger partial charge on any atom is -0.480 e. The van der Waals surface area contributed by atoms with Crippen LogP contribution in [0.1, 0.15) is 24.8 Å². The van der Waals surface area contributed by atoms with Gasteiger partial charge in [-0.05, 0) is 54.2 Å². The molecule has 0 radical (unpaired) electrons. The molecule has 192 valence electrons. The van der Waals surface area contributed by atoms with Crippen molar-refractivity contribution in [2.24, 2.45) is 5.73 Å². The molecule has 0 aromatic heterocycles. The van der Waals surface area contributed by atoms with Crippen LogP contribution in [0.3, 0.4) is 0 Å². The van der Waals surface area contributed by atoms with Crippen molar-refractivity contribution in [1.29, 1.82) is 0 Å². The maximum absolute atomic E-state index is 13.0. The predicted molar refractivity (Wildman–Crippen MR) is 148 cm³/mol. The Hall–Kier alpha value is -1.78. The van der Waals surface area contributed by atoms with Gasteiger partial charge in [-0.2, -0.15) is 24.4 Å². The standard InChI is InChI=1S/C26H38N4O3S2/c1-35-13-11-24(26(32)33)28-25(31)17-29(16-22-9-5-12-30(22)15-21(27)18-34)14-20-8-4-7-19-6-2-3-10-23(19)20/h2-4,6-8,10,21-22,24,34H,5,9,11-18,27H2,1H3,(H,28,31)(H,32,33)/t21-,22+,24+/m1/s1. The number of carboxylic acid groups (broad SMARTS) is 1. The van der Waals surface area contributed by atoms with Crippen molar-refractivity contribution in [3.05, 3.63) is 48.0 Å². The van der Waals surface area contributed by atoms with E-state index >= 15 is 0 Å². The number of hydrogen-bond donors (Lipinski definition) is 4. The third-order valence-corrected chi connectivity index (χ3v) is 7.67. The lowest BCUT2D eigenvalue weighted by molar-refractivity contribution is -0.142. The van der Waals surface area contributed by atoms with E-state index in [0.29, 0.717) is 30.5 Å². The highest BCUT2D eigenvalue weighted by Crippen LogP contribution is 2.23. The summed E-state index contributed by atoms with van der Waals surface area (Å²) in [6.07, 6.45) is 4.50. The van der Waals surface area contributed by atoms with Crippen LogP contribution in [0.25, 0.3) is 10.8 Å². The monoisotopic (exact) mass is 518 g/mol. The smallest absolute Gasteiger partial charge is 0.326 e. The zero-order valence-corrected chi connectivity index (χ0v) is 22.1. The second-order valence-electron chi connectivity index (χ2n) is 9.28. The Morgan fingerprint density at radius 1 is 1.29 bits per heavy atom. The summed E-state index contributed by atoms with van der Waals surface area (Å²) in [5, 5.41) is 14.6. The lowest BCUT2D eigenvalue weighted by Crippen LogP contribution is -2.49. The van der Waals surface area contributed by atoms with E-state index < -0.39 is 12.0 Å². The van der Waals surface area contributed by atoms with Crippen molar-refractivity contribution in [3.63, 3.8) is 0 Å². The minimum atomic E-state index is -0.990. The van der Waals surface area contributed by atoms with Gasteiger partial charge in [-0.15, -0.1) is 0 Å². The van der Waals surface area contributed by atoms with Crippen molar-refractivity contribution >= 4 is 47.0 Å². The van der Waals surface area contributed by atoms with Gasteiger partial charge in [0.05, 0.1) is 6.54 Å². The number of thioether (sulfide) groups is 1. The molecule has 0 bridgehead atoms. The molecule has 3 rings (SSSR count). The molecule has 35 heavy (non-hydrogen) atoms. The molecule has 1 saturated heterocycles. The van der Waals surface area contributed by atoms with E-state index in [1.165, 1.54) is 10.8 Å². The first kappa shape index (κ1) is 27.8. The molecule has 2 aromatic rings. The van der Waals surface area contributed by atoms with E-state index in [9.17, 15) is 14.7 Å². The molecule has 2 aromatic carbocycles. The van der Waals surface area contributed by atoms with Crippen molar-refractivity contribution < 1.29 is 14.7 Å². The van der Waals surface area contributed by atoms with Gasteiger partial charge in [-0.3, -0.25) is 14.6 Å². The molecule has 1 aliphatic heterocycles. The number of amides is 1. The van der Waals surface area contributed by atoms with Crippen molar-refractivity contribution in [2.75, 3.05) is 43.9 Å². The van der Waals surface area contributed by atoms with Gasteiger partial charge in [0.25, 0.3) is 0 Å². The minimum absolute atomic E-state index is 0.0153. The van der Waals surface area contributed by atoms with Gasteiger partial charge in [0.15, 0.2) is 0 Å². The van der Waals surface area contributed by atoms with E-state index in [1.807, 2.05) is 24.5 Å². The molecular weight excluding hydrogens is 480 g/mol. The number of carbonyl (C=O) groups excluding carboxylic acids is 1. The summed E-state index contributed by atoms with van der Waals surface area (Å²) >= 11 is 5.91. The molecule has 0 aliphatic carbocycles. The van der Waals surface area contributed by atoms with Crippen LogP contribution in [0.2, 0.25) is 0 Å². The molecule has 0 unspecified atom stereocenters. The van der Waals surface area contributed by atoms with Crippen LogP contribution >= 0.6 is 24.4 Å². The molecule has 0 saturated carbocycles. The first-order valence-corrected chi connectivity index (χ1v) is 14.2. The summed E-state index contributed by atoms with van der Waals surface area (Å²) in [5.74, 6) is 0.0724. The average molecular weight is 519 g/mol. The highest BCUT2D eigenvalue weighted by atomic mass is 32.2.